The molecule has 1 unspecified atom stereocenters. The molecule has 0 aromatic heterocycles. The van der Waals surface area contributed by atoms with E-state index in [2.05, 4.69) is 41.8 Å². The summed E-state index contributed by atoms with van der Waals surface area (Å²) in [5.74, 6) is -0.447. The lowest BCUT2D eigenvalue weighted by Gasteiger charge is -2.46. The van der Waals surface area contributed by atoms with Gasteiger partial charge in [0.15, 0.2) is 0 Å². The Balaban J connectivity index is 1.32. The van der Waals surface area contributed by atoms with Gasteiger partial charge in [-0.1, -0.05) is 24.6 Å². The number of hydrogen-bond donors (Lipinski definition) is 0. The number of hydrogen-bond acceptors (Lipinski definition) is 3. The maximum Gasteiger partial charge on any atom is 0.416 e. The third-order valence-corrected chi connectivity index (χ3v) is 10.4. The summed E-state index contributed by atoms with van der Waals surface area (Å²) in [5.41, 5.74) is 0.0512. The van der Waals surface area contributed by atoms with E-state index in [1.165, 1.54) is 37.9 Å². The Morgan fingerprint density at radius 2 is 1.44 bits per heavy atom. The van der Waals surface area contributed by atoms with Crippen molar-refractivity contribution >= 4 is 5.91 Å². The van der Waals surface area contributed by atoms with Crippen LogP contribution in [0.25, 0.3) is 0 Å². The van der Waals surface area contributed by atoms with Crippen LogP contribution in [0, 0.1) is 13.8 Å². The first-order valence-corrected chi connectivity index (χ1v) is 16.3. The van der Waals surface area contributed by atoms with Gasteiger partial charge >= 0.3 is 12.4 Å². The van der Waals surface area contributed by atoms with Crippen LogP contribution >= 0.6 is 0 Å². The highest BCUT2D eigenvalue weighted by atomic mass is 19.4. The molecule has 0 saturated carbocycles. The number of alkyl halides is 6. The number of amides is 1. The lowest BCUT2D eigenvalue weighted by Crippen LogP contribution is -2.51. The van der Waals surface area contributed by atoms with Gasteiger partial charge < -0.3 is 14.7 Å². The van der Waals surface area contributed by atoms with Crippen molar-refractivity contribution in [3.8, 4) is 0 Å². The first-order valence-electron chi connectivity index (χ1n) is 16.3. The van der Waals surface area contributed by atoms with E-state index >= 15 is 0 Å². The third-order valence-electron chi connectivity index (χ3n) is 10.4. The summed E-state index contributed by atoms with van der Waals surface area (Å²) >= 11 is 0. The Kier molecular flexibility index (Phi) is 10.2. The van der Waals surface area contributed by atoms with Gasteiger partial charge in [0.25, 0.3) is 0 Å². The van der Waals surface area contributed by atoms with E-state index in [1.807, 2.05) is 0 Å². The van der Waals surface area contributed by atoms with Crippen molar-refractivity contribution in [1.29, 1.82) is 0 Å². The molecular formula is C35H45F6N3O. The Morgan fingerprint density at radius 1 is 0.800 bits per heavy atom. The minimum Gasteiger partial charge on any atom is -0.342 e. The van der Waals surface area contributed by atoms with Crippen molar-refractivity contribution in [3.63, 3.8) is 0 Å². The van der Waals surface area contributed by atoms with Gasteiger partial charge in [0.2, 0.25) is 5.91 Å². The number of benzene rings is 2. The molecule has 5 rings (SSSR count). The first-order chi connectivity index (χ1) is 21.2. The van der Waals surface area contributed by atoms with E-state index < -0.39 is 35.8 Å². The monoisotopic (exact) mass is 637 g/mol. The number of halogens is 6. The second kappa shape index (κ2) is 13.6. The van der Waals surface area contributed by atoms with Crippen molar-refractivity contribution in [2.45, 2.75) is 95.4 Å². The maximum absolute atomic E-state index is 13.6. The van der Waals surface area contributed by atoms with Crippen LogP contribution < -0.4 is 0 Å². The SMILES string of the molecule is Cc1ccc(C2(CCN3CCC(N4CCCCC4)CC3)CCCN(C(=O)Cc3cc(C(F)(F)F)cc(C(F)(F)F)c3)C2)cc1C. The fourth-order valence-electron chi connectivity index (χ4n) is 7.57. The summed E-state index contributed by atoms with van der Waals surface area (Å²) in [5, 5.41) is 0. The van der Waals surface area contributed by atoms with Crippen molar-refractivity contribution in [2.75, 3.05) is 45.8 Å². The molecule has 2 aromatic rings. The standard InChI is InChI=1S/C35H45F6N3O/c1-25-7-8-28(19-26(25)2)33(12-18-42-16-9-31(10-17-42)43-13-4-3-5-14-43)11-6-15-44(24-33)32(45)22-27-20-29(34(36,37)38)23-30(21-27)35(39,40)41/h7-8,19-21,23,31H,3-6,9-18,22,24H2,1-2H3. The summed E-state index contributed by atoms with van der Waals surface area (Å²) in [6, 6.07) is 8.50. The molecule has 0 bridgehead atoms. The van der Waals surface area contributed by atoms with Gasteiger partial charge in [0, 0.05) is 24.5 Å². The number of piperidine rings is 3. The van der Waals surface area contributed by atoms with Crippen molar-refractivity contribution in [1.82, 2.24) is 14.7 Å². The Morgan fingerprint density at radius 3 is 2.04 bits per heavy atom. The van der Waals surface area contributed by atoms with Gasteiger partial charge in [-0.25, -0.2) is 0 Å². The topological polar surface area (TPSA) is 26.8 Å². The molecule has 10 heteroatoms. The van der Waals surface area contributed by atoms with E-state index in [0.717, 1.165) is 56.4 Å². The average Bonchev–Trinajstić information content (AvgIpc) is 3.01. The molecule has 4 nitrogen and oxygen atoms in total. The maximum atomic E-state index is 13.6. The predicted molar refractivity (Wildman–Crippen MR) is 163 cm³/mol. The minimum absolute atomic E-state index is 0.106. The zero-order valence-electron chi connectivity index (χ0n) is 26.4. The normalized spacial score (nSPS) is 23.0. The van der Waals surface area contributed by atoms with E-state index in [4.69, 9.17) is 0 Å². The van der Waals surface area contributed by atoms with E-state index in [1.54, 1.807) is 4.90 Å². The molecule has 0 radical (unpaired) electrons. The van der Waals surface area contributed by atoms with Gasteiger partial charge in [0.1, 0.15) is 0 Å². The van der Waals surface area contributed by atoms with Gasteiger partial charge in [-0.3, -0.25) is 4.79 Å². The molecule has 3 fully saturated rings. The second-order valence-corrected chi connectivity index (χ2v) is 13.5. The molecule has 45 heavy (non-hydrogen) atoms. The van der Waals surface area contributed by atoms with Gasteiger partial charge in [0.05, 0.1) is 17.5 Å². The predicted octanol–water partition coefficient (Wildman–Crippen LogP) is 7.78. The molecule has 0 N–H and O–H groups in total. The molecule has 3 aliphatic heterocycles. The molecule has 3 aliphatic rings. The summed E-state index contributed by atoms with van der Waals surface area (Å²) in [7, 11) is 0. The van der Waals surface area contributed by atoms with Crippen LogP contribution in [0.4, 0.5) is 26.3 Å². The number of nitrogens with zero attached hydrogens (tertiary/aromatic N) is 3. The highest BCUT2D eigenvalue weighted by Crippen LogP contribution is 2.40. The zero-order chi connectivity index (χ0) is 32.4. The van der Waals surface area contributed by atoms with Crippen LogP contribution in [0.1, 0.15) is 84.7 Å². The summed E-state index contributed by atoms with van der Waals surface area (Å²) < 4.78 is 80.8. The molecule has 2 aromatic carbocycles. The van der Waals surface area contributed by atoms with Crippen LogP contribution in [0.15, 0.2) is 36.4 Å². The number of carbonyl (C=O) groups excluding carboxylic acids is 1. The van der Waals surface area contributed by atoms with E-state index in [9.17, 15) is 31.1 Å². The summed E-state index contributed by atoms with van der Waals surface area (Å²) in [6.45, 7) is 10.3. The highest BCUT2D eigenvalue weighted by Gasteiger charge is 2.41. The molecular weight excluding hydrogens is 592 g/mol. The smallest absolute Gasteiger partial charge is 0.342 e. The molecule has 0 aliphatic carbocycles. The quantitative estimate of drug-likeness (QED) is 0.290. The number of carbonyl (C=O) groups is 1. The molecule has 0 spiro atoms. The van der Waals surface area contributed by atoms with Crippen molar-refractivity contribution in [3.05, 3.63) is 69.8 Å². The Bertz CT molecular complexity index is 1300. The lowest BCUT2D eigenvalue weighted by atomic mass is 9.71. The average molecular weight is 638 g/mol. The molecule has 248 valence electrons. The fraction of sp³-hybridized carbons (Fsp3) is 0.629. The van der Waals surface area contributed by atoms with Gasteiger partial charge in [-0.15, -0.1) is 0 Å². The van der Waals surface area contributed by atoms with Gasteiger partial charge in [-0.2, -0.15) is 26.3 Å². The van der Waals surface area contributed by atoms with Crippen LogP contribution in [0.3, 0.4) is 0 Å². The number of rotatable bonds is 7. The van der Waals surface area contributed by atoms with Crippen LogP contribution in [0.5, 0.6) is 0 Å². The second-order valence-electron chi connectivity index (χ2n) is 13.5. The van der Waals surface area contributed by atoms with E-state index in [0.29, 0.717) is 37.7 Å². The molecule has 3 heterocycles. The number of aryl methyl sites for hydroxylation is 2. The molecule has 1 amide bonds. The largest absolute Gasteiger partial charge is 0.416 e. The fourth-order valence-corrected chi connectivity index (χ4v) is 7.57. The third kappa shape index (κ3) is 8.23. The minimum atomic E-state index is -4.95. The van der Waals surface area contributed by atoms with Crippen molar-refractivity contribution < 1.29 is 31.1 Å². The highest BCUT2D eigenvalue weighted by molar-refractivity contribution is 5.79. The molecule has 3 saturated heterocycles. The Hall–Kier alpha value is -2.59. The molecule has 1 atom stereocenters. The number of likely N-dealkylation sites (tertiary alicyclic amines) is 3. The van der Waals surface area contributed by atoms with E-state index in [-0.39, 0.29) is 17.0 Å². The van der Waals surface area contributed by atoms with Crippen LogP contribution in [-0.2, 0) is 29.0 Å². The summed E-state index contributed by atoms with van der Waals surface area (Å²) in [6.07, 6.45) is -1.82. The van der Waals surface area contributed by atoms with Crippen LogP contribution in [0.2, 0.25) is 0 Å². The van der Waals surface area contributed by atoms with Crippen LogP contribution in [-0.4, -0.2) is 72.5 Å². The first kappa shape index (κ1) is 33.8. The van der Waals surface area contributed by atoms with Crippen molar-refractivity contribution in [2.24, 2.45) is 0 Å². The zero-order valence-corrected chi connectivity index (χ0v) is 26.4. The Labute approximate surface area is 262 Å². The van der Waals surface area contributed by atoms with Gasteiger partial charge in [-0.05, 0) is 132 Å². The summed E-state index contributed by atoms with van der Waals surface area (Å²) in [4.78, 5) is 20.4. The lowest BCUT2D eigenvalue weighted by molar-refractivity contribution is -0.143.